The number of hydrogen-bond donors (Lipinski definition) is 2. The summed E-state index contributed by atoms with van der Waals surface area (Å²) in [5.74, 6) is -0.293. The van der Waals surface area contributed by atoms with Crippen molar-refractivity contribution in [2.75, 3.05) is 5.32 Å². The molecule has 0 bridgehead atoms. The van der Waals surface area contributed by atoms with Crippen LogP contribution in [0.15, 0.2) is 48.9 Å². The molecule has 0 saturated heterocycles. The number of carbonyl (C=O) groups is 2. The number of carbonyl (C=O) groups excluding carboxylic acids is 2. The van der Waals surface area contributed by atoms with Crippen molar-refractivity contribution in [3.63, 3.8) is 0 Å². The van der Waals surface area contributed by atoms with Gasteiger partial charge < -0.3 is 15.6 Å². The van der Waals surface area contributed by atoms with E-state index < -0.39 is 5.91 Å². The molecular weight excluding hydrogens is 376 g/mol. The molecule has 0 spiro atoms. The number of rotatable bonds is 5. The molecule has 6 heteroatoms. The number of nitrogens with one attached hydrogen (secondary N) is 1. The monoisotopic (exact) mass is 402 g/mol. The maximum absolute atomic E-state index is 12.7. The summed E-state index contributed by atoms with van der Waals surface area (Å²) in [5.41, 5.74) is 11.3. The summed E-state index contributed by atoms with van der Waals surface area (Å²) in [6, 6.07) is 9.37. The Morgan fingerprint density at radius 1 is 1.27 bits per heavy atom. The van der Waals surface area contributed by atoms with E-state index in [4.69, 9.17) is 5.73 Å². The molecule has 0 atom stereocenters. The first-order chi connectivity index (χ1) is 14.2. The molecule has 1 aromatic carbocycles. The fourth-order valence-corrected chi connectivity index (χ4v) is 4.25. The Balaban J connectivity index is 1.75. The second-order valence-corrected chi connectivity index (χ2v) is 8.75. The molecule has 1 amide bonds. The molecule has 30 heavy (non-hydrogen) atoms. The summed E-state index contributed by atoms with van der Waals surface area (Å²) >= 11 is 0. The first-order valence-corrected chi connectivity index (χ1v) is 10.1. The van der Waals surface area contributed by atoms with E-state index in [0.29, 0.717) is 24.2 Å². The summed E-state index contributed by atoms with van der Waals surface area (Å²) in [5, 5.41) is 3.31. The molecule has 1 aliphatic carbocycles. The zero-order chi connectivity index (χ0) is 21.5. The van der Waals surface area contributed by atoms with Gasteiger partial charge in [-0.2, -0.15) is 0 Å². The third kappa shape index (κ3) is 3.73. The van der Waals surface area contributed by atoms with Gasteiger partial charge in [-0.1, -0.05) is 19.9 Å². The Kier molecular flexibility index (Phi) is 4.94. The van der Waals surface area contributed by atoms with Crippen LogP contribution in [0.2, 0.25) is 0 Å². The minimum Gasteiger partial charge on any atom is -0.380 e. The second kappa shape index (κ2) is 7.44. The van der Waals surface area contributed by atoms with E-state index in [0.717, 1.165) is 34.5 Å². The van der Waals surface area contributed by atoms with Gasteiger partial charge in [0.2, 0.25) is 0 Å². The normalized spacial score (nSPS) is 15.0. The fourth-order valence-electron chi connectivity index (χ4n) is 4.25. The zero-order valence-corrected chi connectivity index (χ0v) is 17.5. The van der Waals surface area contributed by atoms with Crippen molar-refractivity contribution in [2.45, 2.75) is 40.2 Å². The number of fused-ring (bicyclic) bond motifs is 1. The van der Waals surface area contributed by atoms with E-state index in [1.807, 2.05) is 37.4 Å². The quantitative estimate of drug-likeness (QED) is 0.674. The van der Waals surface area contributed by atoms with Crippen LogP contribution < -0.4 is 11.1 Å². The molecule has 154 valence electrons. The molecule has 3 N–H and O–H groups in total. The molecule has 0 radical (unpaired) electrons. The summed E-state index contributed by atoms with van der Waals surface area (Å²) in [6.45, 7) is 6.74. The van der Waals surface area contributed by atoms with Gasteiger partial charge in [-0.3, -0.25) is 14.6 Å². The lowest BCUT2D eigenvalue weighted by Gasteiger charge is -2.30. The summed E-state index contributed by atoms with van der Waals surface area (Å²) < 4.78 is 2.07. The average molecular weight is 402 g/mol. The van der Waals surface area contributed by atoms with E-state index in [-0.39, 0.29) is 11.2 Å². The number of hydrogen-bond acceptors (Lipinski definition) is 4. The Morgan fingerprint density at radius 3 is 2.77 bits per heavy atom. The number of anilines is 1. The van der Waals surface area contributed by atoms with Crippen LogP contribution in [0.4, 0.5) is 5.69 Å². The molecule has 2 heterocycles. The third-order valence-corrected chi connectivity index (χ3v) is 5.61. The lowest BCUT2D eigenvalue weighted by atomic mass is 9.75. The van der Waals surface area contributed by atoms with Crippen molar-refractivity contribution < 1.29 is 9.59 Å². The van der Waals surface area contributed by atoms with Gasteiger partial charge in [0, 0.05) is 54.2 Å². The van der Waals surface area contributed by atoms with Gasteiger partial charge in [0.15, 0.2) is 5.78 Å². The molecule has 0 saturated carbocycles. The minimum atomic E-state index is -0.489. The predicted molar refractivity (Wildman–Crippen MR) is 117 cm³/mol. The molecule has 0 unspecified atom stereocenters. The van der Waals surface area contributed by atoms with Crippen molar-refractivity contribution in [3.8, 4) is 5.69 Å². The highest BCUT2D eigenvalue weighted by Gasteiger charge is 2.34. The highest BCUT2D eigenvalue weighted by atomic mass is 16.1. The number of benzene rings is 1. The number of ketones is 1. The van der Waals surface area contributed by atoms with Gasteiger partial charge in [-0.15, -0.1) is 0 Å². The minimum absolute atomic E-state index is 0.0822. The Morgan fingerprint density at radius 2 is 2.07 bits per heavy atom. The van der Waals surface area contributed by atoms with Gasteiger partial charge >= 0.3 is 0 Å². The third-order valence-electron chi connectivity index (χ3n) is 5.61. The van der Waals surface area contributed by atoms with Crippen molar-refractivity contribution in [1.29, 1.82) is 0 Å². The summed E-state index contributed by atoms with van der Waals surface area (Å²) in [7, 11) is 0. The van der Waals surface area contributed by atoms with Gasteiger partial charge in [-0.05, 0) is 54.2 Å². The molecule has 0 aliphatic heterocycles. The molecule has 2 aromatic heterocycles. The van der Waals surface area contributed by atoms with Gasteiger partial charge in [0.05, 0.1) is 5.56 Å². The van der Waals surface area contributed by atoms with E-state index >= 15 is 0 Å². The van der Waals surface area contributed by atoms with E-state index in [2.05, 4.69) is 28.7 Å². The maximum atomic E-state index is 12.7. The van der Waals surface area contributed by atoms with E-state index in [9.17, 15) is 9.59 Å². The van der Waals surface area contributed by atoms with Gasteiger partial charge in [0.1, 0.15) is 0 Å². The summed E-state index contributed by atoms with van der Waals surface area (Å²) in [6.07, 6.45) is 6.88. The first kappa shape index (κ1) is 19.9. The van der Waals surface area contributed by atoms with Crippen LogP contribution in [-0.2, 0) is 13.0 Å². The van der Waals surface area contributed by atoms with Crippen LogP contribution in [-0.4, -0.2) is 21.2 Å². The average Bonchev–Trinajstić information content (AvgIpc) is 3.02. The Hall–Kier alpha value is -3.41. The number of nitrogens with two attached hydrogens (primary N) is 1. The smallest absolute Gasteiger partial charge is 0.250 e. The molecular formula is C24H26N4O2. The highest BCUT2D eigenvalue weighted by molar-refractivity contribution is 6.01. The van der Waals surface area contributed by atoms with E-state index in [1.54, 1.807) is 18.5 Å². The number of pyridine rings is 1. The van der Waals surface area contributed by atoms with Crippen molar-refractivity contribution >= 4 is 17.4 Å². The van der Waals surface area contributed by atoms with Crippen molar-refractivity contribution in [2.24, 2.45) is 11.1 Å². The van der Waals surface area contributed by atoms with Crippen LogP contribution in [0, 0.1) is 12.3 Å². The molecule has 0 fully saturated rings. The molecule has 1 aliphatic rings. The number of Topliss-reactive ketones (excluding diaryl/α,β-unsaturated/α-hetero) is 1. The van der Waals surface area contributed by atoms with Crippen LogP contribution >= 0.6 is 0 Å². The van der Waals surface area contributed by atoms with E-state index in [1.165, 1.54) is 0 Å². The summed E-state index contributed by atoms with van der Waals surface area (Å²) in [4.78, 5) is 28.8. The standard InChI is InChI=1S/C24H26N4O2/c1-15-14-28(20-10-24(2,3)11-21(29)22(15)20)17-6-7-18(23(25)30)19(9-17)27-13-16-5-4-8-26-12-16/h4-9,12,14,27H,10-11,13H2,1-3H3,(H2,25,30). The van der Waals surface area contributed by atoms with Crippen LogP contribution in [0.1, 0.15) is 57.8 Å². The van der Waals surface area contributed by atoms with Crippen molar-refractivity contribution in [1.82, 2.24) is 9.55 Å². The lowest BCUT2D eigenvalue weighted by molar-refractivity contribution is 0.0909. The molecule has 6 nitrogen and oxygen atoms in total. The zero-order valence-electron chi connectivity index (χ0n) is 17.5. The molecule has 4 rings (SSSR count). The van der Waals surface area contributed by atoms with Gasteiger partial charge in [-0.25, -0.2) is 0 Å². The lowest BCUT2D eigenvalue weighted by Crippen LogP contribution is -2.28. The Labute approximate surface area is 176 Å². The SMILES string of the molecule is Cc1cn(-c2ccc(C(N)=O)c(NCc3cccnc3)c2)c2c1C(=O)CC(C)(C)C2. The Bertz CT molecular complexity index is 1130. The highest BCUT2D eigenvalue weighted by Crippen LogP contribution is 2.38. The number of aryl methyl sites for hydroxylation is 1. The maximum Gasteiger partial charge on any atom is 0.250 e. The van der Waals surface area contributed by atoms with Crippen molar-refractivity contribution in [3.05, 3.63) is 76.9 Å². The number of aromatic nitrogens is 2. The van der Waals surface area contributed by atoms with Crippen LogP contribution in [0.5, 0.6) is 0 Å². The fraction of sp³-hybridized carbons (Fsp3) is 0.292. The number of nitrogens with zero attached hydrogens (tertiary/aromatic N) is 2. The van der Waals surface area contributed by atoms with Crippen LogP contribution in [0.3, 0.4) is 0 Å². The largest absolute Gasteiger partial charge is 0.380 e. The molecule has 3 aromatic rings. The topological polar surface area (TPSA) is 90.0 Å². The predicted octanol–water partition coefficient (Wildman–Crippen LogP) is 4.05. The first-order valence-electron chi connectivity index (χ1n) is 10.1. The second-order valence-electron chi connectivity index (χ2n) is 8.75. The van der Waals surface area contributed by atoms with Gasteiger partial charge in [0.25, 0.3) is 5.91 Å². The van der Waals surface area contributed by atoms with Crippen LogP contribution in [0.25, 0.3) is 5.69 Å². The number of amides is 1. The number of primary amides is 1.